The van der Waals surface area contributed by atoms with Crippen LogP contribution in [0.2, 0.25) is 0 Å². The molecule has 42 heavy (non-hydrogen) atoms. The molecule has 0 aliphatic heterocycles. The van der Waals surface area contributed by atoms with E-state index in [-0.39, 0.29) is 17.4 Å². The van der Waals surface area contributed by atoms with Gasteiger partial charge in [-0.15, -0.1) is 0 Å². The molecule has 3 aromatic carbocycles. The summed E-state index contributed by atoms with van der Waals surface area (Å²) in [5, 5.41) is 22.7. The zero-order chi connectivity index (χ0) is 30.0. The van der Waals surface area contributed by atoms with Crippen LogP contribution in [0.15, 0.2) is 66.7 Å². The van der Waals surface area contributed by atoms with Crippen molar-refractivity contribution in [1.82, 2.24) is 5.32 Å². The van der Waals surface area contributed by atoms with E-state index >= 15 is 0 Å². The molecule has 8 heteroatoms. The molecular formula is C34H44NO6P. The molecule has 0 aromatic heterocycles. The van der Waals surface area contributed by atoms with E-state index in [1.807, 2.05) is 36.4 Å². The van der Waals surface area contributed by atoms with E-state index in [9.17, 15) is 19.6 Å². The monoisotopic (exact) mass is 593 g/mol. The summed E-state index contributed by atoms with van der Waals surface area (Å²) in [6.07, 6.45) is 6.25. The van der Waals surface area contributed by atoms with Crippen LogP contribution in [0.5, 0.6) is 11.5 Å². The van der Waals surface area contributed by atoms with Gasteiger partial charge in [0.2, 0.25) is 5.91 Å². The Morgan fingerprint density at radius 1 is 0.810 bits per heavy atom. The smallest absolute Gasteiger partial charge is 0.330 e. The molecule has 0 atom stereocenters. The van der Waals surface area contributed by atoms with Crippen molar-refractivity contribution in [2.24, 2.45) is 0 Å². The Labute approximate surface area is 249 Å². The number of carbonyl (C=O) groups excluding carboxylic acids is 1. The van der Waals surface area contributed by atoms with Crippen LogP contribution in [0.1, 0.15) is 75.5 Å². The quantitative estimate of drug-likeness (QED) is 0.0841. The van der Waals surface area contributed by atoms with Crippen LogP contribution >= 0.6 is 7.60 Å². The van der Waals surface area contributed by atoms with Gasteiger partial charge in [0, 0.05) is 6.54 Å². The Bertz CT molecular complexity index is 1330. The molecule has 0 heterocycles. The number of rotatable bonds is 17. The number of phenolic OH excluding ortho intramolecular Hbond substituents is 2. The van der Waals surface area contributed by atoms with E-state index in [4.69, 9.17) is 9.05 Å². The second kappa shape index (κ2) is 14.9. The maximum atomic E-state index is 14.2. The predicted octanol–water partition coefficient (Wildman–Crippen LogP) is 7.72. The molecule has 3 N–H and O–H groups in total. The van der Waals surface area contributed by atoms with Crippen LogP contribution in [0.4, 0.5) is 0 Å². The van der Waals surface area contributed by atoms with Gasteiger partial charge in [0.05, 0.1) is 19.4 Å². The molecule has 7 nitrogen and oxygen atoms in total. The lowest BCUT2D eigenvalue weighted by Gasteiger charge is -2.31. The zero-order valence-electron chi connectivity index (χ0n) is 24.8. The first-order valence-corrected chi connectivity index (χ1v) is 16.9. The van der Waals surface area contributed by atoms with Gasteiger partial charge < -0.3 is 24.6 Å². The lowest BCUT2D eigenvalue weighted by molar-refractivity contribution is -0.125. The van der Waals surface area contributed by atoms with Gasteiger partial charge in [-0.3, -0.25) is 9.36 Å². The van der Waals surface area contributed by atoms with Crippen LogP contribution in [0.25, 0.3) is 11.1 Å². The summed E-state index contributed by atoms with van der Waals surface area (Å²) in [5.74, 6) is -0.426. The summed E-state index contributed by atoms with van der Waals surface area (Å²) in [6, 6.07) is 20.9. The van der Waals surface area contributed by atoms with Crippen LogP contribution in [0, 0.1) is 0 Å². The summed E-state index contributed by atoms with van der Waals surface area (Å²) < 4.78 is 25.1. The van der Waals surface area contributed by atoms with Crippen molar-refractivity contribution >= 4 is 13.5 Å². The number of carbonyl (C=O) groups is 1. The summed E-state index contributed by atoms with van der Waals surface area (Å²) in [5.41, 5.74) is 4.00. The second-order valence-corrected chi connectivity index (χ2v) is 13.2. The summed E-state index contributed by atoms with van der Waals surface area (Å²) in [6.45, 7) is 5.36. The molecule has 0 saturated carbocycles. The highest BCUT2D eigenvalue weighted by atomic mass is 31.2. The number of aromatic hydroxyl groups is 2. The van der Waals surface area contributed by atoms with Crippen LogP contribution in [-0.2, 0) is 30.2 Å². The topological polar surface area (TPSA) is 105 Å². The summed E-state index contributed by atoms with van der Waals surface area (Å²) in [7, 11) is -3.22. The largest absolute Gasteiger partial charge is 0.504 e. The van der Waals surface area contributed by atoms with Crippen LogP contribution in [-0.4, -0.2) is 42.0 Å². The molecule has 1 aliphatic carbocycles. The van der Waals surface area contributed by atoms with Crippen molar-refractivity contribution in [3.8, 4) is 22.6 Å². The van der Waals surface area contributed by atoms with Gasteiger partial charge in [0.15, 0.2) is 11.5 Å². The minimum Gasteiger partial charge on any atom is -0.504 e. The number of benzene rings is 3. The highest BCUT2D eigenvalue weighted by Gasteiger charge is 2.48. The molecule has 226 valence electrons. The average molecular weight is 594 g/mol. The first-order chi connectivity index (χ1) is 20.3. The third kappa shape index (κ3) is 7.26. The van der Waals surface area contributed by atoms with Crippen molar-refractivity contribution in [1.29, 1.82) is 0 Å². The molecule has 3 aromatic rings. The van der Waals surface area contributed by atoms with Gasteiger partial charge in [-0.25, -0.2) is 0 Å². The molecule has 0 unspecified atom stereocenters. The van der Waals surface area contributed by atoms with E-state index in [1.54, 1.807) is 6.07 Å². The van der Waals surface area contributed by atoms with E-state index in [0.717, 1.165) is 53.5 Å². The number of unbranched alkanes of at least 4 members (excludes halogenated alkanes) is 3. The normalized spacial score (nSPS) is 13.5. The van der Waals surface area contributed by atoms with Crippen LogP contribution in [0.3, 0.4) is 0 Å². The molecular weight excluding hydrogens is 549 g/mol. The van der Waals surface area contributed by atoms with Gasteiger partial charge in [0.1, 0.15) is 5.41 Å². The third-order valence-electron chi connectivity index (χ3n) is 8.00. The number of amides is 1. The Hall–Kier alpha value is -3.12. The van der Waals surface area contributed by atoms with Crippen molar-refractivity contribution in [3.05, 3.63) is 83.4 Å². The zero-order valence-corrected chi connectivity index (χ0v) is 25.7. The van der Waals surface area contributed by atoms with E-state index in [2.05, 4.69) is 31.3 Å². The number of hydrogen-bond acceptors (Lipinski definition) is 6. The molecule has 4 rings (SSSR count). The lowest BCUT2D eigenvalue weighted by atomic mass is 9.73. The first-order valence-electron chi connectivity index (χ1n) is 15.2. The van der Waals surface area contributed by atoms with Gasteiger partial charge in [-0.2, -0.15) is 0 Å². The van der Waals surface area contributed by atoms with Crippen molar-refractivity contribution in [3.63, 3.8) is 0 Å². The highest BCUT2D eigenvalue weighted by Crippen LogP contribution is 2.53. The van der Waals surface area contributed by atoms with Gasteiger partial charge in [0.25, 0.3) is 0 Å². The SMILES string of the molecule is CCCCOP(=O)(CCCCC1(C(=O)NCCc2ccc(O)c(O)c2)c2ccccc2-c2ccccc21)OCCCC. The average Bonchev–Trinajstić information content (AvgIpc) is 3.28. The summed E-state index contributed by atoms with van der Waals surface area (Å²) in [4.78, 5) is 14.2. The predicted molar refractivity (Wildman–Crippen MR) is 167 cm³/mol. The van der Waals surface area contributed by atoms with Crippen LogP contribution < -0.4 is 5.32 Å². The van der Waals surface area contributed by atoms with Crippen molar-refractivity contribution in [2.45, 2.75) is 70.6 Å². The fourth-order valence-corrected chi connectivity index (χ4v) is 7.46. The molecule has 1 aliphatic rings. The van der Waals surface area contributed by atoms with E-state index in [0.29, 0.717) is 51.6 Å². The number of fused-ring (bicyclic) bond motifs is 3. The Kier molecular flexibility index (Phi) is 11.3. The lowest BCUT2D eigenvalue weighted by Crippen LogP contribution is -2.45. The molecule has 0 fully saturated rings. The summed E-state index contributed by atoms with van der Waals surface area (Å²) >= 11 is 0. The molecule has 0 spiro atoms. The van der Waals surface area contributed by atoms with Crippen molar-refractivity contribution in [2.75, 3.05) is 25.9 Å². The van der Waals surface area contributed by atoms with Gasteiger partial charge in [-0.1, -0.05) is 87.7 Å². The molecule has 1 amide bonds. The minimum atomic E-state index is -3.22. The Morgan fingerprint density at radius 2 is 1.40 bits per heavy atom. The van der Waals surface area contributed by atoms with Gasteiger partial charge >= 0.3 is 7.60 Å². The first kappa shape index (κ1) is 31.8. The van der Waals surface area contributed by atoms with Gasteiger partial charge in [-0.05, 0) is 72.1 Å². The highest BCUT2D eigenvalue weighted by molar-refractivity contribution is 7.53. The molecule has 0 bridgehead atoms. The number of nitrogens with one attached hydrogen (secondary N) is 1. The Morgan fingerprint density at radius 3 is 1.98 bits per heavy atom. The Balaban J connectivity index is 1.53. The number of phenols is 2. The third-order valence-corrected chi connectivity index (χ3v) is 10.0. The minimum absolute atomic E-state index is 0.0792. The fourth-order valence-electron chi connectivity index (χ4n) is 5.71. The van der Waals surface area contributed by atoms with E-state index < -0.39 is 13.0 Å². The maximum Gasteiger partial charge on any atom is 0.330 e. The molecule has 0 radical (unpaired) electrons. The number of hydrogen-bond donors (Lipinski definition) is 3. The van der Waals surface area contributed by atoms with Crippen molar-refractivity contribution < 1.29 is 28.6 Å². The maximum absolute atomic E-state index is 14.2. The molecule has 0 saturated heterocycles. The van der Waals surface area contributed by atoms with E-state index in [1.165, 1.54) is 12.1 Å². The fraction of sp³-hybridized carbons (Fsp3) is 0.441. The second-order valence-electron chi connectivity index (χ2n) is 11.0. The standard InChI is InChI=1S/C34H44NO6P/c1-3-5-22-40-42(39,41-23-6-4-2)24-12-11-20-34(33(38)35-21-19-26-17-18-31(36)32(37)25-26)29-15-9-7-13-27(29)28-14-8-10-16-30(28)34/h7-10,13-18,25,36-37H,3-6,11-12,19-24H2,1-2H3,(H,35,38).